The quantitative estimate of drug-likeness (QED) is 0.244. The minimum Gasteiger partial charge on any atom is -0.311 e. The van der Waals surface area contributed by atoms with Crippen LogP contribution in [0, 0.1) is 0 Å². The highest BCUT2D eigenvalue weighted by molar-refractivity contribution is 7.20. The maximum absolute atomic E-state index is 12.6. The van der Waals surface area contributed by atoms with E-state index in [0.29, 0.717) is 20.7 Å². The van der Waals surface area contributed by atoms with E-state index in [2.05, 4.69) is 65.9 Å². The molecule has 2 N–H and O–H groups in total. The third-order valence-corrected chi connectivity index (χ3v) is 6.54. The largest absolute Gasteiger partial charge is 0.311 e. The summed E-state index contributed by atoms with van der Waals surface area (Å²) >= 11 is 2.76. The van der Waals surface area contributed by atoms with Crippen molar-refractivity contribution in [3.63, 3.8) is 0 Å². The van der Waals surface area contributed by atoms with E-state index < -0.39 is 0 Å². The maximum atomic E-state index is 12.6. The number of anilines is 2. The predicted molar refractivity (Wildman–Crippen MR) is 136 cm³/mol. The number of rotatable bonds is 6. The van der Waals surface area contributed by atoms with E-state index in [-0.39, 0.29) is 11.3 Å². The Morgan fingerprint density at radius 3 is 2.41 bits per heavy atom. The molecule has 0 aliphatic heterocycles. The number of amides is 1. The van der Waals surface area contributed by atoms with Crippen LogP contribution >= 0.6 is 22.7 Å². The molecule has 0 saturated carbocycles. The monoisotopic (exact) mass is 460 g/mol. The summed E-state index contributed by atoms with van der Waals surface area (Å²) in [6.07, 6.45) is 1.76. The topological polar surface area (TPSA) is 66.4 Å². The maximum Gasteiger partial charge on any atom is 0.266 e. The van der Waals surface area contributed by atoms with Gasteiger partial charge in [-0.2, -0.15) is 5.10 Å². The van der Waals surface area contributed by atoms with Gasteiger partial charge in [-0.15, -0.1) is 11.3 Å². The Morgan fingerprint density at radius 1 is 1.00 bits per heavy atom. The van der Waals surface area contributed by atoms with Crippen molar-refractivity contribution < 1.29 is 4.79 Å². The lowest BCUT2D eigenvalue weighted by Gasteiger charge is -2.18. The second-order valence-electron chi connectivity index (χ2n) is 8.24. The highest BCUT2D eigenvalue weighted by Gasteiger charge is 2.17. The van der Waals surface area contributed by atoms with E-state index in [1.807, 2.05) is 41.8 Å². The van der Waals surface area contributed by atoms with Gasteiger partial charge in [0.2, 0.25) is 5.13 Å². The molecular weight excluding hydrogens is 436 g/mol. The number of hydrogen-bond donors (Lipinski definition) is 2. The van der Waals surface area contributed by atoms with Gasteiger partial charge in [-0.05, 0) is 28.0 Å². The molecule has 0 fully saturated rings. The Bertz CT molecular complexity index is 1210. The molecule has 0 unspecified atom stereocenters. The van der Waals surface area contributed by atoms with Crippen LogP contribution in [0.5, 0.6) is 0 Å². The Hall–Kier alpha value is -3.29. The summed E-state index contributed by atoms with van der Waals surface area (Å²) in [5.74, 6) is -0.144. The fourth-order valence-electron chi connectivity index (χ4n) is 3.05. The van der Waals surface area contributed by atoms with Crippen LogP contribution in [0.1, 0.15) is 41.6 Å². The zero-order chi connectivity index (χ0) is 22.6. The fraction of sp³-hybridized carbons (Fsp3) is 0.160. The van der Waals surface area contributed by atoms with Crippen molar-refractivity contribution in [3.05, 3.63) is 88.1 Å². The number of nitrogens with zero attached hydrogens (tertiary/aromatic N) is 2. The molecule has 2 heterocycles. The lowest BCUT2D eigenvalue weighted by molar-refractivity contribution is 0.103. The lowest BCUT2D eigenvalue weighted by Crippen LogP contribution is -2.10. The standard InChI is InChI=1S/C25H24N4OS2/c1-25(2,3)19-13-11-17(12-14-19)16-26-29-24-27-21(18-8-5-4-6-9-18)23(32-24)28-22(30)20-10-7-15-31-20/h4-16H,1-3H3,(H,27,29)(H,28,30)/b26-16+. The van der Waals surface area contributed by atoms with E-state index in [4.69, 9.17) is 0 Å². The Labute approximate surface area is 195 Å². The van der Waals surface area contributed by atoms with Gasteiger partial charge < -0.3 is 5.32 Å². The first-order valence-electron chi connectivity index (χ1n) is 10.2. The van der Waals surface area contributed by atoms with E-state index >= 15 is 0 Å². The summed E-state index contributed by atoms with van der Waals surface area (Å²) < 4.78 is 0. The highest BCUT2D eigenvalue weighted by atomic mass is 32.1. The van der Waals surface area contributed by atoms with Gasteiger partial charge >= 0.3 is 0 Å². The van der Waals surface area contributed by atoms with Gasteiger partial charge in [0, 0.05) is 5.56 Å². The molecule has 5 nitrogen and oxygen atoms in total. The molecule has 4 aromatic rings. The molecule has 0 bridgehead atoms. The number of hydrogen-bond acceptors (Lipinski definition) is 6. The summed E-state index contributed by atoms with van der Waals surface area (Å²) in [6.45, 7) is 6.58. The van der Waals surface area contributed by atoms with Crippen LogP contribution < -0.4 is 10.7 Å². The lowest BCUT2D eigenvalue weighted by atomic mass is 9.87. The number of carbonyl (C=O) groups excluding carboxylic acids is 1. The molecule has 0 spiro atoms. The van der Waals surface area contributed by atoms with Gasteiger partial charge in [-0.25, -0.2) is 4.98 Å². The molecule has 7 heteroatoms. The molecule has 2 aromatic carbocycles. The summed E-state index contributed by atoms with van der Waals surface area (Å²) in [7, 11) is 0. The van der Waals surface area contributed by atoms with Crippen molar-refractivity contribution in [3.8, 4) is 11.3 Å². The third-order valence-electron chi connectivity index (χ3n) is 4.80. The van der Waals surface area contributed by atoms with Crippen LogP contribution in [0.4, 0.5) is 10.1 Å². The van der Waals surface area contributed by atoms with Crippen molar-refractivity contribution in [2.75, 3.05) is 10.7 Å². The third kappa shape index (κ3) is 5.30. The van der Waals surface area contributed by atoms with Crippen LogP contribution in [-0.4, -0.2) is 17.1 Å². The fourth-order valence-corrected chi connectivity index (χ4v) is 4.50. The van der Waals surface area contributed by atoms with Crippen LogP contribution in [0.3, 0.4) is 0 Å². The Balaban J connectivity index is 1.53. The van der Waals surface area contributed by atoms with Crippen molar-refractivity contribution in [1.29, 1.82) is 0 Å². The van der Waals surface area contributed by atoms with Gasteiger partial charge in [-0.1, -0.05) is 92.8 Å². The molecule has 0 radical (unpaired) electrons. The first kappa shape index (κ1) is 21.9. The van der Waals surface area contributed by atoms with Crippen molar-refractivity contribution >= 4 is 44.9 Å². The summed E-state index contributed by atoms with van der Waals surface area (Å²) in [5.41, 5.74) is 7.04. The number of thiazole rings is 1. The number of nitrogens with one attached hydrogen (secondary N) is 2. The van der Waals surface area contributed by atoms with Gasteiger partial charge in [0.05, 0.1) is 11.1 Å². The molecule has 0 atom stereocenters. The van der Waals surface area contributed by atoms with Crippen LogP contribution in [-0.2, 0) is 5.41 Å². The van der Waals surface area contributed by atoms with Gasteiger partial charge in [0.25, 0.3) is 5.91 Å². The van der Waals surface area contributed by atoms with Crippen molar-refractivity contribution in [2.24, 2.45) is 5.10 Å². The van der Waals surface area contributed by atoms with Gasteiger partial charge in [-0.3, -0.25) is 10.2 Å². The first-order chi connectivity index (χ1) is 15.4. The number of carbonyl (C=O) groups is 1. The van der Waals surface area contributed by atoms with E-state index in [1.165, 1.54) is 28.2 Å². The normalized spacial score (nSPS) is 11.6. The number of thiophene rings is 1. The summed E-state index contributed by atoms with van der Waals surface area (Å²) in [6, 6.07) is 21.8. The molecule has 0 aliphatic rings. The number of aromatic nitrogens is 1. The smallest absolute Gasteiger partial charge is 0.266 e. The summed E-state index contributed by atoms with van der Waals surface area (Å²) in [5, 5.41) is 10.5. The zero-order valence-corrected chi connectivity index (χ0v) is 19.8. The van der Waals surface area contributed by atoms with Gasteiger partial charge in [0.15, 0.2) is 0 Å². The minimum absolute atomic E-state index is 0.118. The van der Waals surface area contributed by atoms with Crippen molar-refractivity contribution in [1.82, 2.24) is 4.98 Å². The molecule has 0 aliphatic carbocycles. The molecule has 1 amide bonds. The molecular formula is C25H24N4OS2. The molecule has 0 saturated heterocycles. The second-order valence-corrected chi connectivity index (χ2v) is 10.2. The van der Waals surface area contributed by atoms with Crippen LogP contribution in [0.2, 0.25) is 0 Å². The van der Waals surface area contributed by atoms with E-state index in [0.717, 1.165) is 11.1 Å². The summed E-state index contributed by atoms with van der Waals surface area (Å²) in [4.78, 5) is 17.9. The Morgan fingerprint density at radius 2 is 1.75 bits per heavy atom. The predicted octanol–water partition coefficient (Wildman–Crippen LogP) is 6.87. The first-order valence-corrected chi connectivity index (χ1v) is 11.9. The Kier molecular flexibility index (Phi) is 6.48. The number of hydrazone groups is 1. The SMILES string of the molecule is CC(C)(C)c1ccc(/C=N/Nc2nc(-c3ccccc3)c(NC(=O)c3cccs3)s2)cc1. The molecule has 2 aromatic heterocycles. The molecule has 32 heavy (non-hydrogen) atoms. The minimum atomic E-state index is -0.144. The average molecular weight is 461 g/mol. The van der Waals surface area contributed by atoms with E-state index in [9.17, 15) is 4.79 Å². The second kappa shape index (κ2) is 9.46. The van der Waals surface area contributed by atoms with Gasteiger partial charge in [0.1, 0.15) is 10.7 Å². The molecule has 162 valence electrons. The number of benzene rings is 2. The highest BCUT2D eigenvalue weighted by Crippen LogP contribution is 2.36. The van der Waals surface area contributed by atoms with Crippen LogP contribution in [0.25, 0.3) is 11.3 Å². The van der Waals surface area contributed by atoms with Crippen molar-refractivity contribution in [2.45, 2.75) is 26.2 Å². The molecule has 4 rings (SSSR count). The van der Waals surface area contributed by atoms with E-state index in [1.54, 1.807) is 12.3 Å². The average Bonchev–Trinajstić information content (AvgIpc) is 3.45. The zero-order valence-electron chi connectivity index (χ0n) is 18.1. The van der Waals surface area contributed by atoms with Crippen LogP contribution in [0.15, 0.2) is 77.2 Å².